The van der Waals surface area contributed by atoms with Gasteiger partial charge in [-0.05, 0) is 54.8 Å². The van der Waals surface area contributed by atoms with Crippen molar-refractivity contribution in [1.82, 2.24) is 0 Å². The zero-order valence-corrected chi connectivity index (χ0v) is 15.8. The summed E-state index contributed by atoms with van der Waals surface area (Å²) in [7, 11) is 0. The van der Waals surface area contributed by atoms with E-state index in [-0.39, 0.29) is 0 Å². The highest BCUT2D eigenvalue weighted by molar-refractivity contribution is 9.11. The second kappa shape index (κ2) is 6.73. The van der Waals surface area contributed by atoms with Crippen molar-refractivity contribution in [3.63, 3.8) is 0 Å². The Morgan fingerprint density at radius 3 is 2.57 bits per heavy atom. The fraction of sp³-hybridized carbons (Fsp3) is 0.294. The van der Waals surface area contributed by atoms with Crippen LogP contribution in [-0.4, -0.2) is 11.7 Å². The Hall–Kier alpha value is -1.84. The molecule has 0 bridgehead atoms. The summed E-state index contributed by atoms with van der Waals surface area (Å²) in [5, 5.41) is 12.1. The summed E-state index contributed by atoms with van der Waals surface area (Å²) in [5.74, 6) is 0. The lowest BCUT2D eigenvalue weighted by Gasteiger charge is -2.20. The van der Waals surface area contributed by atoms with Crippen LogP contribution in [0.2, 0.25) is 0 Å². The predicted octanol–water partition coefficient (Wildman–Crippen LogP) is 5.70. The van der Waals surface area contributed by atoms with Gasteiger partial charge in [-0.3, -0.25) is 5.32 Å². The minimum Gasteiger partial charge on any atom is -0.444 e. The van der Waals surface area contributed by atoms with Crippen molar-refractivity contribution >= 4 is 39.0 Å². The molecule has 1 heterocycles. The first-order valence-electron chi connectivity index (χ1n) is 7.01. The Balaban J connectivity index is 2.48. The second-order valence-corrected chi connectivity index (χ2v) is 8.35. The van der Waals surface area contributed by atoms with Crippen LogP contribution in [0.3, 0.4) is 0 Å². The minimum atomic E-state index is -0.604. The Morgan fingerprint density at radius 1 is 1.35 bits per heavy atom. The number of thiophene rings is 1. The lowest BCUT2D eigenvalue weighted by Crippen LogP contribution is -2.27. The van der Waals surface area contributed by atoms with Gasteiger partial charge in [0.15, 0.2) is 0 Å². The van der Waals surface area contributed by atoms with Crippen LogP contribution in [0, 0.1) is 18.3 Å². The largest absolute Gasteiger partial charge is 0.444 e. The monoisotopic (exact) mass is 392 g/mol. The van der Waals surface area contributed by atoms with Crippen molar-refractivity contribution in [2.45, 2.75) is 33.3 Å². The lowest BCUT2D eigenvalue weighted by atomic mass is 10.1. The van der Waals surface area contributed by atoms with Crippen molar-refractivity contribution in [3.05, 3.63) is 39.2 Å². The summed E-state index contributed by atoms with van der Waals surface area (Å²) in [6.45, 7) is 7.38. The van der Waals surface area contributed by atoms with Crippen molar-refractivity contribution in [2.24, 2.45) is 0 Å². The van der Waals surface area contributed by atoms with Crippen LogP contribution in [-0.2, 0) is 4.74 Å². The van der Waals surface area contributed by atoms with Crippen LogP contribution >= 0.6 is 27.3 Å². The quantitative estimate of drug-likeness (QED) is 0.711. The van der Waals surface area contributed by atoms with E-state index in [0.717, 1.165) is 16.0 Å². The molecule has 0 saturated heterocycles. The number of nitriles is 1. The Morgan fingerprint density at radius 2 is 2.00 bits per heavy atom. The Labute approximate surface area is 148 Å². The summed E-state index contributed by atoms with van der Waals surface area (Å²) in [6.07, 6.45) is -0.575. The molecule has 1 amide bonds. The molecule has 1 aromatic heterocycles. The first kappa shape index (κ1) is 17.5. The maximum atomic E-state index is 12.1. The lowest BCUT2D eigenvalue weighted by molar-refractivity contribution is 0.0636. The van der Waals surface area contributed by atoms with Crippen LogP contribution in [0.25, 0.3) is 10.4 Å². The number of carbonyl (C=O) groups excluding carboxylic acids is 1. The van der Waals surface area contributed by atoms with E-state index in [4.69, 9.17) is 4.74 Å². The van der Waals surface area contributed by atoms with E-state index in [1.165, 1.54) is 11.3 Å². The number of ether oxygens (including phenoxy) is 1. The molecule has 0 aliphatic carbocycles. The maximum absolute atomic E-state index is 12.1. The van der Waals surface area contributed by atoms with E-state index >= 15 is 0 Å². The fourth-order valence-electron chi connectivity index (χ4n) is 2.05. The van der Waals surface area contributed by atoms with Gasteiger partial charge in [0.2, 0.25) is 0 Å². The average Bonchev–Trinajstić information content (AvgIpc) is 2.73. The van der Waals surface area contributed by atoms with E-state index < -0.39 is 11.7 Å². The van der Waals surface area contributed by atoms with Crippen molar-refractivity contribution in [3.8, 4) is 16.5 Å². The van der Waals surface area contributed by atoms with Gasteiger partial charge >= 0.3 is 6.09 Å². The van der Waals surface area contributed by atoms with E-state index in [0.29, 0.717) is 15.0 Å². The van der Waals surface area contributed by atoms with Crippen molar-refractivity contribution < 1.29 is 9.53 Å². The minimum absolute atomic E-state index is 0.402. The van der Waals surface area contributed by atoms with Crippen LogP contribution in [0.1, 0.15) is 31.9 Å². The number of carbonyl (C=O) groups is 1. The van der Waals surface area contributed by atoms with Gasteiger partial charge < -0.3 is 4.74 Å². The number of rotatable bonds is 2. The molecule has 0 atom stereocenters. The number of amides is 1. The molecule has 4 nitrogen and oxygen atoms in total. The molecule has 2 rings (SSSR count). The molecule has 1 aromatic carbocycles. The summed E-state index contributed by atoms with van der Waals surface area (Å²) >= 11 is 4.82. The van der Waals surface area contributed by atoms with E-state index in [2.05, 4.69) is 27.3 Å². The third-order valence-corrected chi connectivity index (χ3v) is 4.89. The topological polar surface area (TPSA) is 62.1 Å². The molecule has 0 saturated carbocycles. The molecule has 6 heteroatoms. The highest BCUT2D eigenvalue weighted by Crippen LogP contribution is 2.44. The number of anilines is 1. The smallest absolute Gasteiger partial charge is 0.412 e. The summed E-state index contributed by atoms with van der Waals surface area (Å²) in [5.41, 5.74) is 2.32. The highest BCUT2D eigenvalue weighted by atomic mass is 79.9. The van der Waals surface area contributed by atoms with E-state index in [9.17, 15) is 10.1 Å². The molecule has 2 aromatic rings. The van der Waals surface area contributed by atoms with Gasteiger partial charge in [0.25, 0.3) is 0 Å². The molecule has 1 N–H and O–H groups in total. The molecule has 0 radical (unpaired) electrons. The van der Waals surface area contributed by atoms with Gasteiger partial charge in [0.05, 0.1) is 14.4 Å². The number of hydrogen-bond acceptors (Lipinski definition) is 4. The summed E-state index contributed by atoms with van der Waals surface area (Å²) < 4.78 is 5.99. The zero-order valence-electron chi connectivity index (χ0n) is 13.4. The Bertz CT molecular complexity index is 785. The Kier molecular flexibility index (Phi) is 5.12. The summed E-state index contributed by atoms with van der Waals surface area (Å²) in [6, 6.07) is 9.98. The molecule has 0 aliphatic heterocycles. The molecular formula is C17H17BrN2O2S. The molecule has 23 heavy (non-hydrogen) atoms. The van der Waals surface area contributed by atoms with Crippen LogP contribution in [0.15, 0.2) is 28.1 Å². The van der Waals surface area contributed by atoms with Crippen molar-refractivity contribution in [2.75, 3.05) is 5.32 Å². The van der Waals surface area contributed by atoms with Crippen LogP contribution in [0.5, 0.6) is 0 Å². The number of benzene rings is 1. The molecule has 0 aliphatic rings. The summed E-state index contributed by atoms with van der Waals surface area (Å²) in [4.78, 5) is 13.0. The maximum Gasteiger partial charge on any atom is 0.412 e. The molecule has 0 fully saturated rings. The van der Waals surface area contributed by atoms with Crippen LogP contribution in [0.4, 0.5) is 10.5 Å². The number of nitrogens with zero attached hydrogens (tertiary/aromatic N) is 1. The highest BCUT2D eigenvalue weighted by Gasteiger charge is 2.23. The number of aryl methyl sites for hydroxylation is 1. The van der Waals surface area contributed by atoms with E-state index in [1.54, 1.807) is 20.8 Å². The predicted molar refractivity (Wildman–Crippen MR) is 96.8 cm³/mol. The SMILES string of the molecule is Cc1ccccc1-c1sc(Br)c(C#N)c1NC(=O)OC(C)(C)C. The third-order valence-electron chi connectivity index (χ3n) is 2.99. The normalized spacial score (nSPS) is 11.0. The standard InChI is InChI=1S/C17H17BrN2O2S/c1-10-7-5-6-8-11(10)14-13(12(9-19)15(18)23-14)20-16(21)22-17(2,3)4/h5-8H,1-4H3,(H,20,21). The van der Waals surface area contributed by atoms with Crippen LogP contribution < -0.4 is 5.32 Å². The molecule has 0 spiro atoms. The van der Waals surface area contributed by atoms with Gasteiger partial charge in [-0.2, -0.15) is 5.26 Å². The van der Waals surface area contributed by atoms with Gasteiger partial charge in [-0.15, -0.1) is 11.3 Å². The number of nitrogens with one attached hydrogen (secondary N) is 1. The fourth-order valence-corrected chi connectivity index (χ4v) is 3.84. The molecular weight excluding hydrogens is 376 g/mol. The van der Waals surface area contributed by atoms with Gasteiger partial charge in [0, 0.05) is 0 Å². The first-order chi connectivity index (χ1) is 10.7. The number of halogens is 1. The van der Waals surface area contributed by atoms with Gasteiger partial charge in [-0.25, -0.2) is 4.79 Å². The third kappa shape index (κ3) is 4.12. The van der Waals surface area contributed by atoms with Gasteiger partial charge in [-0.1, -0.05) is 24.3 Å². The number of hydrogen-bond donors (Lipinski definition) is 1. The van der Waals surface area contributed by atoms with Crippen molar-refractivity contribution in [1.29, 1.82) is 5.26 Å². The molecule has 0 unspecified atom stereocenters. The zero-order chi connectivity index (χ0) is 17.2. The average molecular weight is 393 g/mol. The first-order valence-corrected chi connectivity index (χ1v) is 8.62. The van der Waals surface area contributed by atoms with E-state index in [1.807, 2.05) is 31.2 Å². The molecule has 120 valence electrons. The van der Waals surface area contributed by atoms with Gasteiger partial charge in [0.1, 0.15) is 17.2 Å². The second-order valence-electron chi connectivity index (χ2n) is 6.01.